The van der Waals surface area contributed by atoms with Crippen LogP contribution in [0.2, 0.25) is 0 Å². The molecular weight excluding hydrogens is 340 g/mol. The molecule has 0 saturated carbocycles. The third kappa shape index (κ3) is 3.20. The van der Waals surface area contributed by atoms with Crippen LogP contribution in [0.5, 0.6) is 0 Å². The number of hydrogen-bond donors (Lipinski definition) is 3. The second-order valence-corrected chi connectivity index (χ2v) is 8.04. The van der Waals surface area contributed by atoms with Crippen molar-refractivity contribution in [3.8, 4) is 0 Å². The van der Waals surface area contributed by atoms with Gasteiger partial charge in [-0.2, -0.15) is 0 Å². The van der Waals surface area contributed by atoms with Crippen LogP contribution in [-0.4, -0.2) is 22.9 Å². The summed E-state index contributed by atoms with van der Waals surface area (Å²) in [5, 5.41) is 12.8. The van der Waals surface area contributed by atoms with Crippen LogP contribution in [0.4, 0.5) is 5.00 Å². The van der Waals surface area contributed by atoms with Crippen LogP contribution < -0.4 is 11.1 Å². The van der Waals surface area contributed by atoms with Gasteiger partial charge in [0.25, 0.3) is 5.91 Å². The number of anilines is 1. The predicted octanol–water partition coefficient (Wildman–Crippen LogP) is 2.72. The zero-order valence-corrected chi connectivity index (χ0v) is 15.2. The van der Waals surface area contributed by atoms with Crippen molar-refractivity contribution in [2.45, 2.75) is 46.0 Å². The van der Waals surface area contributed by atoms with E-state index in [2.05, 4.69) is 5.32 Å². The fraction of sp³-hybridized carbons (Fsp3) is 0.500. The molecule has 4 N–H and O–H groups in total. The largest absolute Gasteiger partial charge is 0.481 e. The topological polar surface area (TPSA) is 109 Å². The average molecular weight is 362 g/mol. The average Bonchev–Trinajstić information content (AvgIpc) is 3.09. The van der Waals surface area contributed by atoms with E-state index >= 15 is 0 Å². The Labute approximate surface area is 150 Å². The molecule has 1 aromatic heterocycles. The molecule has 2 aliphatic carbocycles. The molecule has 2 atom stereocenters. The Kier molecular flexibility index (Phi) is 4.69. The summed E-state index contributed by atoms with van der Waals surface area (Å²) >= 11 is 1.39. The highest BCUT2D eigenvalue weighted by Gasteiger charge is 2.38. The van der Waals surface area contributed by atoms with Crippen molar-refractivity contribution in [2.24, 2.45) is 17.6 Å². The van der Waals surface area contributed by atoms with Gasteiger partial charge in [0.05, 0.1) is 17.4 Å². The first kappa shape index (κ1) is 17.7. The molecular formula is C18H22N2O4S. The van der Waals surface area contributed by atoms with E-state index in [0.717, 1.165) is 40.8 Å². The molecule has 0 radical (unpaired) electrons. The van der Waals surface area contributed by atoms with Crippen LogP contribution in [0.1, 0.15) is 53.9 Å². The van der Waals surface area contributed by atoms with Gasteiger partial charge in [-0.15, -0.1) is 11.3 Å². The summed E-state index contributed by atoms with van der Waals surface area (Å²) in [5.74, 6) is -3.23. The van der Waals surface area contributed by atoms with Crippen LogP contribution >= 0.6 is 11.3 Å². The molecule has 1 aromatic rings. The predicted molar refractivity (Wildman–Crippen MR) is 95.7 cm³/mol. The molecule has 2 aliphatic rings. The number of primary amides is 1. The van der Waals surface area contributed by atoms with Gasteiger partial charge in [-0.25, -0.2) is 0 Å². The molecule has 7 heteroatoms. The third-order valence-corrected chi connectivity index (χ3v) is 6.53. The number of rotatable bonds is 4. The highest BCUT2D eigenvalue weighted by Crippen LogP contribution is 2.40. The van der Waals surface area contributed by atoms with Crippen molar-refractivity contribution in [2.75, 3.05) is 5.32 Å². The maximum absolute atomic E-state index is 12.8. The van der Waals surface area contributed by atoms with Crippen molar-refractivity contribution in [1.82, 2.24) is 0 Å². The minimum Gasteiger partial charge on any atom is -0.481 e. The van der Waals surface area contributed by atoms with Gasteiger partial charge < -0.3 is 16.2 Å². The van der Waals surface area contributed by atoms with Gasteiger partial charge in [-0.1, -0.05) is 11.1 Å². The van der Waals surface area contributed by atoms with Crippen LogP contribution in [0, 0.1) is 11.8 Å². The Morgan fingerprint density at radius 2 is 1.76 bits per heavy atom. The minimum atomic E-state index is -0.962. The van der Waals surface area contributed by atoms with Crippen LogP contribution in [-0.2, 0) is 22.4 Å². The molecule has 2 amide bonds. The van der Waals surface area contributed by atoms with Gasteiger partial charge in [-0.05, 0) is 51.5 Å². The van der Waals surface area contributed by atoms with Crippen molar-refractivity contribution >= 4 is 34.1 Å². The van der Waals surface area contributed by atoms with Gasteiger partial charge in [-0.3, -0.25) is 14.4 Å². The van der Waals surface area contributed by atoms with Crippen LogP contribution in [0.3, 0.4) is 0 Å². The number of carboxylic acids is 1. The lowest BCUT2D eigenvalue weighted by atomic mass is 9.76. The van der Waals surface area contributed by atoms with Gasteiger partial charge in [0, 0.05) is 4.88 Å². The van der Waals surface area contributed by atoms with Crippen LogP contribution in [0.25, 0.3) is 0 Å². The molecule has 0 fully saturated rings. The number of aliphatic carboxylic acids is 1. The van der Waals surface area contributed by atoms with E-state index in [1.54, 1.807) is 0 Å². The lowest BCUT2D eigenvalue weighted by Gasteiger charge is -2.29. The van der Waals surface area contributed by atoms with E-state index in [-0.39, 0.29) is 5.91 Å². The molecule has 0 unspecified atom stereocenters. The SMILES string of the molecule is CC1=C(C)C[C@@H](C(=O)Nc2sc3c(c2C(N)=O)CCC3)[C@@H](C(=O)O)C1. The molecule has 3 rings (SSSR count). The Bertz CT molecular complexity index is 793. The first-order valence-electron chi connectivity index (χ1n) is 8.42. The number of thiophene rings is 1. The van der Waals surface area contributed by atoms with Crippen molar-refractivity contribution in [3.05, 3.63) is 27.2 Å². The second kappa shape index (κ2) is 6.63. The molecule has 0 spiro atoms. The Balaban J connectivity index is 1.87. The Hall–Kier alpha value is -2.15. The molecule has 25 heavy (non-hydrogen) atoms. The Morgan fingerprint density at radius 3 is 2.36 bits per heavy atom. The monoisotopic (exact) mass is 362 g/mol. The standard InChI is InChI=1S/C18H22N2O4S/c1-8-6-11(12(18(23)24)7-9(8)2)16(22)20-17-14(15(19)21)10-4-3-5-13(10)25-17/h11-12H,3-7H2,1-2H3,(H2,19,21)(H,20,22)(H,23,24)/t11-,12+/m1/s1. The fourth-order valence-corrected chi connectivity index (χ4v) is 5.08. The molecule has 0 aliphatic heterocycles. The lowest BCUT2D eigenvalue weighted by Crippen LogP contribution is -2.36. The smallest absolute Gasteiger partial charge is 0.307 e. The minimum absolute atomic E-state index is 0.346. The number of amides is 2. The summed E-state index contributed by atoms with van der Waals surface area (Å²) in [6, 6.07) is 0. The summed E-state index contributed by atoms with van der Waals surface area (Å²) in [4.78, 5) is 37.3. The van der Waals surface area contributed by atoms with Crippen LogP contribution in [0.15, 0.2) is 11.1 Å². The quantitative estimate of drug-likeness (QED) is 0.715. The van der Waals surface area contributed by atoms with Crippen molar-refractivity contribution < 1.29 is 19.5 Å². The lowest BCUT2D eigenvalue weighted by molar-refractivity contribution is -0.146. The van der Waals surface area contributed by atoms with Gasteiger partial charge in [0.1, 0.15) is 5.00 Å². The summed E-state index contributed by atoms with van der Waals surface area (Å²) in [7, 11) is 0. The number of aryl methyl sites for hydroxylation is 1. The number of carbonyl (C=O) groups excluding carboxylic acids is 2. The van der Waals surface area contributed by atoms with Crippen molar-refractivity contribution in [1.29, 1.82) is 0 Å². The Morgan fingerprint density at radius 1 is 1.12 bits per heavy atom. The van der Waals surface area contributed by atoms with E-state index in [1.807, 2.05) is 13.8 Å². The normalized spacial score (nSPS) is 22.6. The number of fused-ring (bicyclic) bond motifs is 1. The zero-order chi connectivity index (χ0) is 18.3. The molecule has 0 aromatic carbocycles. The number of carboxylic acid groups (broad SMARTS) is 1. The molecule has 1 heterocycles. The van der Waals surface area contributed by atoms with E-state index in [4.69, 9.17) is 5.73 Å². The molecule has 0 saturated heterocycles. The summed E-state index contributed by atoms with van der Waals surface area (Å²) in [6.45, 7) is 3.84. The maximum Gasteiger partial charge on any atom is 0.307 e. The van der Waals surface area contributed by atoms with E-state index in [0.29, 0.717) is 23.4 Å². The van der Waals surface area contributed by atoms with E-state index < -0.39 is 23.7 Å². The number of nitrogens with two attached hydrogens (primary N) is 1. The van der Waals surface area contributed by atoms with Gasteiger partial charge >= 0.3 is 5.97 Å². The summed E-state index contributed by atoms with van der Waals surface area (Å²) in [6.07, 6.45) is 3.47. The maximum atomic E-state index is 12.8. The molecule has 0 bridgehead atoms. The highest BCUT2D eigenvalue weighted by atomic mass is 32.1. The molecule has 6 nitrogen and oxygen atoms in total. The first-order chi connectivity index (χ1) is 11.8. The number of nitrogens with one attached hydrogen (secondary N) is 1. The van der Waals surface area contributed by atoms with Gasteiger partial charge in [0.2, 0.25) is 5.91 Å². The van der Waals surface area contributed by atoms with E-state index in [9.17, 15) is 19.5 Å². The fourth-order valence-electron chi connectivity index (χ4n) is 3.79. The number of carbonyl (C=O) groups is 3. The second-order valence-electron chi connectivity index (χ2n) is 6.94. The zero-order valence-electron chi connectivity index (χ0n) is 14.3. The summed E-state index contributed by atoms with van der Waals surface area (Å²) in [5.41, 5.74) is 8.95. The first-order valence-corrected chi connectivity index (χ1v) is 9.24. The summed E-state index contributed by atoms with van der Waals surface area (Å²) < 4.78 is 0. The number of hydrogen-bond acceptors (Lipinski definition) is 4. The van der Waals surface area contributed by atoms with Crippen molar-refractivity contribution in [3.63, 3.8) is 0 Å². The van der Waals surface area contributed by atoms with Gasteiger partial charge in [0.15, 0.2) is 0 Å². The van der Waals surface area contributed by atoms with E-state index in [1.165, 1.54) is 11.3 Å². The third-order valence-electron chi connectivity index (χ3n) is 5.32. The molecule has 134 valence electrons. The highest BCUT2D eigenvalue weighted by molar-refractivity contribution is 7.17. The number of allylic oxidation sites excluding steroid dienone is 2.